The van der Waals surface area contributed by atoms with Crippen molar-refractivity contribution in [2.45, 2.75) is 18.4 Å². The molecular formula is C23H19NO2. The van der Waals surface area contributed by atoms with E-state index in [9.17, 15) is 0 Å². The normalized spacial score (nSPS) is 25.0. The molecule has 0 saturated heterocycles. The van der Waals surface area contributed by atoms with Gasteiger partial charge in [-0.2, -0.15) is 0 Å². The van der Waals surface area contributed by atoms with Crippen LogP contribution in [0.15, 0.2) is 66.7 Å². The molecule has 3 aromatic rings. The molecule has 3 nitrogen and oxygen atoms in total. The lowest BCUT2D eigenvalue weighted by molar-refractivity contribution is 0.174. The Bertz CT molecular complexity index is 1060. The average Bonchev–Trinajstić information content (AvgIpc) is 3.36. The van der Waals surface area contributed by atoms with E-state index in [1.165, 1.54) is 27.6 Å². The van der Waals surface area contributed by atoms with Gasteiger partial charge < -0.3 is 14.8 Å². The lowest BCUT2D eigenvalue weighted by Crippen LogP contribution is -2.29. The third-order valence-electron chi connectivity index (χ3n) is 6.02. The molecule has 0 radical (unpaired) electrons. The Labute approximate surface area is 152 Å². The molecule has 6 rings (SSSR count). The van der Waals surface area contributed by atoms with E-state index in [2.05, 4.69) is 66.0 Å². The zero-order valence-corrected chi connectivity index (χ0v) is 14.3. The summed E-state index contributed by atoms with van der Waals surface area (Å²) in [4.78, 5) is 0. The summed E-state index contributed by atoms with van der Waals surface area (Å²) < 4.78 is 11.1. The fourth-order valence-electron chi connectivity index (χ4n) is 4.78. The highest BCUT2D eigenvalue weighted by Crippen LogP contribution is 2.52. The minimum Gasteiger partial charge on any atom is -0.454 e. The van der Waals surface area contributed by atoms with Gasteiger partial charge >= 0.3 is 0 Å². The SMILES string of the molecule is C1=C[C@H]2c3ccc4ccccc4c3N[C@@H](c3ccc4c(c3)OCO4)[C@H]2C1. The molecule has 128 valence electrons. The smallest absolute Gasteiger partial charge is 0.231 e. The number of hydrogen-bond acceptors (Lipinski definition) is 3. The molecule has 0 aromatic heterocycles. The molecule has 0 fully saturated rings. The van der Waals surface area contributed by atoms with Crippen molar-refractivity contribution in [1.82, 2.24) is 0 Å². The van der Waals surface area contributed by atoms with E-state index in [1.54, 1.807) is 0 Å². The third kappa shape index (κ3) is 1.94. The van der Waals surface area contributed by atoms with Gasteiger partial charge in [-0.15, -0.1) is 0 Å². The van der Waals surface area contributed by atoms with Gasteiger partial charge in [-0.25, -0.2) is 0 Å². The van der Waals surface area contributed by atoms with Crippen LogP contribution in [0.3, 0.4) is 0 Å². The number of benzene rings is 3. The summed E-state index contributed by atoms with van der Waals surface area (Å²) in [6.07, 6.45) is 5.82. The summed E-state index contributed by atoms with van der Waals surface area (Å²) in [6.45, 7) is 0.317. The first-order valence-corrected chi connectivity index (χ1v) is 9.23. The lowest BCUT2D eigenvalue weighted by Gasteiger charge is -2.38. The number of fused-ring (bicyclic) bond motifs is 6. The van der Waals surface area contributed by atoms with Crippen LogP contribution in [0.2, 0.25) is 0 Å². The summed E-state index contributed by atoms with van der Waals surface area (Å²) in [5.41, 5.74) is 3.96. The van der Waals surface area contributed by atoms with Crippen LogP contribution in [-0.2, 0) is 0 Å². The van der Waals surface area contributed by atoms with Gasteiger partial charge in [-0.1, -0.05) is 54.6 Å². The minimum atomic E-state index is 0.266. The first kappa shape index (κ1) is 14.3. The Hall–Kier alpha value is -2.94. The molecule has 0 spiro atoms. The third-order valence-corrected chi connectivity index (χ3v) is 6.02. The minimum absolute atomic E-state index is 0.266. The molecule has 1 N–H and O–H groups in total. The molecule has 2 aliphatic heterocycles. The first-order chi connectivity index (χ1) is 12.9. The molecule has 0 saturated carbocycles. The van der Waals surface area contributed by atoms with Crippen molar-refractivity contribution >= 4 is 16.5 Å². The molecule has 3 heteroatoms. The van der Waals surface area contributed by atoms with Crippen molar-refractivity contribution in [3.05, 3.63) is 77.9 Å². The van der Waals surface area contributed by atoms with Gasteiger partial charge in [-0.05, 0) is 41.0 Å². The lowest BCUT2D eigenvalue weighted by atomic mass is 9.76. The van der Waals surface area contributed by atoms with E-state index < -0.39 is 0 Å². The zero-order chi connectivity index (χ0) is 17.1. The van der Waals surface area contributed by atoms with E-state index in [-0.39, 0.29) is 6.04 Å². The van der Waals surface area contributed by atoms with Crippen molar-refractivity contribution in [2.24, 2.45) is 5.92 Å². The standard InChI is InChI=1S/C23H19NO2/c1-2-5-16-14(4-1)8-10-19-17-6-3-7-18(17)22(24-23(16)19)15-9-11-20-21(12-15)26-13-25-20/h1-6,8-12,17-18,22,24H,7,13H2/t17-,18+,22+/m1/s1. The average molecular weight is 341 g/mol. The van der Waals surface area contributed by atoms with Crippen LogP contribution in [0.25, 0.3) is 10.8 Å². The quantitative estimate of drug-likeness (QED) is 0.602. The number of nitrogens with one attached hydrogen (secondary N) is 1. The second kappa shape index (κ2) is 5.28. The highest BCUT2D eigenvalue weighted by Gasteiger charge is 2.38. The van der Waals surface area contributed by atoms with Crippen molar-refractivity contribution in [3.8, 4) is 11.5 Å². The van der Waals surface area contributed by atoms with Crippen LogP contribution in [0, 0.1) is 5.92 Å². The Morgan fingerprint density at radius 1 is 0.923 bits per heavy atom. The number of ether oxygens (including phenoxy) is 2. The van der Waals surface area contributed by atoms with Crippen LogP contribution < -0.4 is 14.8 Å². The Balaban J connectivity index is 1.51. The van der Waals surface area contributed by atoms with Crippen LogP contribution in [0.4, 0.5) is 5.69 Å². The molecule has 0 unspecified atom stereocenters. The van der Waals surface area contributed by atoms with E-state index >= 15 is 0 Å². The highest BCUT2D eigenvalue weighted by atomic mass is 16.7. The van der Waals surface area contributed by atoms with E-state index in [0.29, 0.717) is 18.6 Å². The maximum atomic E-state index is 5.62. The van der Waals surface area contributed by atoms with E-state index in [0.717, 1.165) is 17.9 Å². The van der Waals surface area contributed by atoms with E-state index in [4.69, 9.17) is 9.47 Å². The Morgan fingerprint density at radius 2 is 1.85 bits per heavy atom. The van der Waals surface area contributed by atoms with Crippen LogP contribution >= 0.6 is 0 Å². The van der Waals surface area contributed by atoms with Crippen LogP contribution in [0.1, 0.15) is 29.5 Å². The molecule has 2 heterocycles. The fourth-order valence-corrected chi connectivity index (χ4v) is 4.78. The number of allylic oxidation sites excluding steroid dienone is 2. The number of anilines is 1. The van der Waals surface area contributed by atoms with Gasteiger partial charge in [0.25, 0.3) is 0 Å². The molecule has 3 aliphatic rings. The predicted octanol–water partition coefficient (Wildman–Crippen LogP) is 5.40. The summed E-state index contributed by atoms with van der Waals surface area (Å²) >= 11 is 0. The van der Waals surface area contributed by atoms with Crippen molar-refractivity contribution in [3.63, 3.8) is 0 Å². The number of hydrogen-bond donors (Lipinski definition) is 1. The second-order valence-corrected chi connectivity index (χ2v) is 7.34. The van der Waals surface area contributed by atoms with Crippen LogP contribution in [-0.4, -0.2) is 6.79 Å². The summed E-state index contributed by atoms with van der Waals surface area (Å²) in [7, 11) is 0. The topological polar surface area (TPSA) is 30.5 Å². The Kier molecular flexibility index (Phi) is 2.89. The van der Waals surface area contributed by atoms with Gasteiger partial charge in [-0.3, -0.25) is 0 Å². The predicted molar refractivity (Wildman–Crippen MR) is 103 cm³/mol. The van der Waals surface area contributed by atoms with Crippen molar-refractivity contribution in [1.29, 1.82) is 0 Å². The first-order valence-electron chi connectivity index (χ1n) is 9.23. The van der Waals surface area contributed by atoms with Crippen molar-refractivity contribution in [2.75, 3.05) is 12.1 Å². The van der Waals surface area contributed by atoms with Gasteiger partial charge in [0.2, 0.25) is 6.79 Å². The van der Waals surface area contributed by atoms with Gasteiger partial charge in [0.15, 0.2) is 11.5 Å². The molecule has 1 aliphatic carbocycles. The molecule has 0 amide bonds. The maximum Gasteiger partial charge on any atom is 0.231 e. The van der Waals surface area contributed by atoms with Gasteiger partial charge in [0.1, 0.15) is 0 Å². The molecule has 3 aromatic carbocycles. The van der Waals surface area contributed by atoms with Gasteiger partial charge in [0.05, 0.1) is 6.04 Å². The Morgan fingerprint density at radius 3 is 2.85 bits per heavy atom. The van der Waals surface area contributed by atoms with E-state index in [1.807, 2.05) is 6.07 Å². The second-order valence-electron chi connectivity index (χ2n) is 7.34. The largest absolute Gasteiger partial charge is 0.454 e. The monoisotopic (exact) mass is 341 g/mol. The fraction of sp³-hybridized carbons (Fsp3) is 0.217. The highest BCUT2D eigenvalue weighted by molar-refractivity contribution is 5.96. The molecular weight excluding hydrogens is 322 g/mol. The summed E-state index contributed by atoms with van der Waals surface area (Å²) in [5.74, 6) is 2.70. The van der Waals surface area contributed by atoms with Crippen LogP contribution in [0.5, 0.6) is 11.5 Å². The van der Waals surface area contributed by atoms with Gasteiger partial charge in [0, 0.05) is 17.0 Å². The maximum absolute atomic E-state index is 5.62. The summed E-state index contributed by atoms with van der Waals surface area (Å²) in [5, 5.41) is 6.46. The zero-order valence-electron chi connectivity index (χ0n) is 14.3. The molecule has 26 heavy (non-hydrogen) atoms. The summed E-state index contributed by atoms with van der Waals surface area (Å²) in [6, 6.07) is 19.8. The molecule has 0 bridgehead atoms. The van der Waals surface area contributed by atoms with Crippen molar-refractivity contribution < 1.29 is 9.47 Å². The number of rotatable bonds is 1. The molecule has 3 atom stereocenters.